The van der Waals surface area contributed by atoms with E-state index in [1.807, 2.05) is 39.0 Å². The van der Waals surface area contributed by atoms with Crippen LogP contribution < -0.4 is 10.9 Å². The fourth-order valence-corrected chi connectivity index (χ4v) is 2.75. The van der Waals surface area contributed by atoms with E-state index in [4.69, 9.17) is 0 Å². The number of amides is 1. The first kappa shape index (κ1) is 16.0. The maximum Gasteiger partial charge on any atom is 0.263 e. The van der Waals surface area contributed by atoms with Crippen LogP contribution in [-0.4, -0.2) is 20.4 Å². The number of benzene rings is 1. The summed E-state index contributed by atoms with van der Waals surface area (Å²) in [5.41, 5.74) is 4.10. The van der Waals surface area contributed by atoms with Gasteiger partial charge in [-0.1, -0.05) is 12.1 Å². The summed E-state index contributed by atoms with van der Waals surface area (Å²) in [4.78, 5) is 32.4. The highest BCUT2D eigenvalue weighted by Crippen LogP contribution is 2.18. The minimum atomic E-state index is -0.248. The number of carbonyl (C=O) groups is 1. The molecule has 6 heteroatoms. The molecule has 3 rings (SSSR count). The third-order valence-corrected chi connectivity index (χ3v) is 4.25. The van der Waals surface area contributed by atoms with Gasteiger partial charge >= 0.3 is 0 Å². The summed E-state index contributed by atoms with van der Waals surface area (Å²) < 4.78 is 1.40. The van der Waals surface area contributed by atoms with Gasteiger partial charge in [-0.05, 0) is 51.0 Å². The van der Waals surface area contributed by atoms with Crippen molar-refractivity contribution in [3.05, 3.63) is 57.3 Å². The maximum atomic E-state index is 12.6. The van der Waals surface area contributed by atoms with Crippen molar-refractivity contribution < 1.29 is 4.79 Å². The second-order valence-corrected chi connectivity index (χ2v) is 6.06. The molecule has 0 aliphatic carbocycles. The summed E-state index contributed by atoms with van der Waals surface area (Å²) in [6.45, 7) is 7.48. The number of carbonyl (C=O) groups excluding carboxylic acids is 1. The van der Waals surface area contributed by atoms with Gasteiger partial charge in [0.2, 0.25) is 5.91 Å². The highest BCUT2D eigenvalue weighted by molar-refractivity contribution is 5.91. The second kappa shape index (κ2) is 5.96. The lowest BCUT2D eigenvalue weighted by Gasteiger charge is -2.12. The number of aryl methyl sites for hydroxylation is 3. The number of H-pyrrole nitrogens is 1. The molecule has 0 fully saturated rings. The molecule has 2 heterocycles. The van der Waals surface area contributed by atoms with Crippen LogP contribution >= 0.6 is 0 Å². The molecule has 0 unspecified atom stereocenters. The number of hydrogen-bond acceptors (Lipinski definition) is 3. The van der Waals surface area contributed by atoms with Crippen LogP contribution in [0.4, 0.5) is 5.69 Å². The largest absolute Gasteiger partial charge is 0.343 e. The SMILES string of the molecule is Cc1cc2c(=O)n(CC(=O)Nc3cccc(C)c3C)c(C)nc2[nH]1. The highest BCUT2D eigenvalue weighted by atomic mass is 16.2. The molecule has 24 heavy (non-hydrogen) atoms. The molecule has 1 amide bonds. The van der Waals surface area contributed by atoms with E-state index in [2.05, 4.69) is 15.3 Å². The van der Waals surface area contributed by atoms with Crippen molar-refractivity contribution in [3.8, 4) is 0 Å². The van der Waals surface area contributed by atoms with Crippen LogP contribution in [0.25, 0.3) is 11.0 Å². The van der Waals surface area contributed by atoms with E-state index in [9.17, 15) is 9.59 Å². The molecule has 124 valence electrons. The summed E-state index contributed by atoms with van der Waals surface area (Å²) in [7, 11) is 0. The van der Waals surface area contributed by atoms with Gasteiger partial charge in [-0.15, -0.1) is 0 Å². The molecule has 0 aliphatic heterocycles. The van der Waals surface area contributed by atoms with Gasteiger partial charge in [0.05, 0.1) is 5.39 Å². The van der Waals surface area contributed by atoms with Gasteiger partial charge in [-0.25, -0.2) is 4.98 Å². The Kier molecular flexibility index (Phi) is 3.97. The Morgan fingerprint density at radius 3 is 2.75 bits per heavy atom. The number of anilines is 1. The Balaban J connectivity index is 1.90. The molecule has 2 aromatic heterocycles. The van der Waals surface area contributed by atoms with Crippen molar-refractivity contribution in [1.82, 2.24) is 14.5 Å². The van der Waals surface area contributed by atoms with Crippen LogP contribution in [0.2, 0.25) is 0 Å². The van der Waals surface area contributed by atoms with Crippen LogP contribution in [0, 0.1) is 27.7 Å². The zero-order valence-electron chi connectivity index (χ0n) is 14.2. The lowest BCUT2D eigenvalue weighted by molar-refractivity contribution is -0.116. The van der Waals surface area contributed by atoms with Crippen LogP contribution in [-0.2, 0) is 11.3 Å². The number of hydrogen-bond donors (Lipinski definition) is 2. The third kappa shape index (κ3) is 2.82. The zero-order valence-corrected chi connectivity index (χ0v) is 14.2. The summed E-state index contributed by atoms with van der Waals surface area (Å²) in [6.07, 6.45) is 0. The molecule has 0 bridgehead atoms. The molecule has 0 atom stereocenters. The Morgan fingerprint density at radius 2 is 2.00 bits per heavy atom. The minimum Gasteiger partial charge on any atom is -0.343 e. The molecule has 1 aromatic carbocycles. The predicted molar refractivity (Wildman–Crippen MR) is 94.4 cm³/mol. The Hall–Kier alpha value is -2.89. The monoisotopic (exact) mass is 324 g/mol. The topological polar surface area (TPSA) is 79.8 Å². The van der Waals surface area contributed by atoms with E-state index in [1.54, 1.807) is 13.0 Å². The first-order valence-electron chi connectivity index (χ1n) is 7.79. The van der Waals surface area contributed by atoms with Crippen LogP contribution in [0.3, 0.4) is 0 Å². The molecule has 0 saturated carbocycles. The van der Waals surface area contributed by atoms with Gasteiger partial charge in [-0.2, -0.15) is 0 Å². The number of aromatic amines is 1. The van der Waals surface area contributed by atoms with Crippen molar-refractivity contribution in [1.29, 1.82) is 0 Å². The number of fused-ring (bicyclic) bond motifs is 1. The van der Waals surface area contributed by atoms with Crippen molar-refractivity contribution in [2.45, 2.75) is 34.2 Å². The number of nitrogens with zero attached hydrogens (tertiary/aromatic N) is 2. The van der Waals surface area contributed by atoms with E-state index in [1.165, 1.54) is 4.57 Å². The average Bonchev–Trinajstić information content (AvgIpc) is 2.89. The Labute approximate surface area is 139 Å². The summed E-state index contributed by atoms with van der Waals surface area (Å²) >= 11 is 0. The number of nitrogens with one attached hydrogen (secondary N) is 2. The van der Waals surface area contributed by atoms with Crippen molar-refractivity contribution in [3.63, 3.8) is 0 Å². The Morgan fingerprint density at radius 1 is 1.25 bits per heavy atom. The lowest BCUT2D eigenvalue weighted by atomic mass is 10.1. The van der Waals surface area contributed by atoms with Crippen molar-refractivity contribution in [2.75, 3.05) is 5.32 Å². The highest BCUT2D eigenvalue weighted by Gasteiger charge is 2.14. The smallest absolute Gasteiger partial charge is 0.263 e. The molecule has 3 aromatic rings. The Bertz CT molecular complexity index is 998. The van der Waals surface area contributed by atoms with Gasteiger partial charge < -0.3 is 10.3 Å². The maximum absolute atomic E-state index is 12.6. The number of aromatic nitrogens is 3. The third-order valence-electron chi connectivity index (χ3n) is 4.25. The summed E-state index contributed by atoms with van der Waals surface area (Å²) in [6, 6.07) is 7.49. The standard InChI is InChI=1S/C18H20N4O2/c1-10-6-5-7-15(12(10)3)21-16(23)9-22-13(4)20-17-14(18(22)24)8-11(2)19-17/h5-8,19H,9H2,1-4H3,(H,21,23). The summed E-state index contributed by atoms with van der Waals surface area (Å²) in [5.74, 6) is 0.257. The zero-order chi connectivity index (χ0) is 17.4. The van der Waals surface area contributed by atoms with E-state index in [0.717, 1.165) is 22.5 Å². The molecule has 0 radical (unpaired) electrons. The molecule has 0 saturated heterocycles. The van der Waals surface area contributed by atoms with Gasteiger partial charge in [0.25, 0.3) is 5.56 Å². The van der Waals surface area contributed by atoms with Crippen molar-refractivity contribution >= 4 is 22.6 Å². The molecule has 0 aliphatic rings. The van der Waals surface area contributed by atoms with Gasteiger partial charge in [0.15, 0.2) is 0 Å². The molecule has 6 nitrogen and oxygen atoms in total. The van der Waals surface area contributed by atoms with E-state index >= 15 is 0 Å². The minimum absolute atomic E-state index is 0.0643. The van der Waals surface area contributed by atoms with Gasteiger partial charge in [0, 0.05) is 11.4 Å². The van der Waals surface area contributed by atoms with Gasteiger partial charge in [0.1, 0.15) is 18.0 Å². The molecular formula is C18H20N4O2. The lowest BCUT2D eigenvalue weighted by Crippen LogP contribution is -2.30. The summed E-state index contributed by atoms with van der Waals surface area (Å²) in [5, 5.41) is 3.37. The van der Waals surface area contributed by atoms with E-state index < -0.39 is 0 Å². The van der Waals surface area contributed by atoms with E-state index in [-0.39, 0.29) is 18.0 Å². The van der Waals surface area contributed by atoms with Crippen LogP contribution in [0.15, 0.2) is 29.1 Å². The fourth-order valence-electron chi connectivity index (χ4n) is 2.75. The quantitative estimate of drug-likeness (QED) is 0.777. The van der Waals surface area contributed by atoms with E-state index in [0.29, 0.717) is 16.9 Å². The first-order chi connectivity index (χ1) is 11.4. The molecule has 0 spiro atoms. The van der Waals surface area contributed by atoms with Crippen molar-refractivity contribution in [2.24, 2.45) is 0 Å². The molecular weight excluding hydrogens is 304 g/mol. The fraction of sp³-hybridized carbons (Fsp3) is 0.278. The second-order valence-electron chi connectivity index (χ2n) is 6.06. The van der Waals surface area contributed by atoms with Crippen LogP contribution in [0.1, 0.15) is 22.6 Å². The first-order valence-corrected chi connectivity index (χ1v) is 7.79. The molecule has 2 N–H and O–H groups in total. The predicted octanol–water partition coefficient (Wildman–Crippen LogP) is 2.60. The normalized spacial score (nSPS) is 11.0. The average molecular weight is 324 g/mol. The number of rotatable bonds is 3. The van der Waals surface area contributed by atoms with Gasteiger partial charge in [-0.3, -0.25) is 14.2 Å². The van der Waals surface area contributed by atoms with Crippen LogP contribution in [0.5, 0.6) is 0 Å².